The summed E-state index contributed by atoms with van der Waals surface area (Å²) in [5, 5.41) is 8.60. The van der Waals surface area contributed by atoms with Gasteiger partial charge < -0.3 is 5.11 Å². The Bertz CT molecular complexity index is 453. The fraction of sp³-hybridized carbons (Fsp3) is 0.364. The van der Waals surface area contributed by atoms with E-state index in [2.05, 4.69) is 0 Å². The van der Waals surface area contributed by atoms with E-state index in [1.807, 2.05) is 0 Å². The number of aromatic carboxylic acids is 1. The molecular formula is C11H8F4O2. The lowest BCUT2D eigenvalue weighted by molar-refractivity contribution is -0.290. The van der Waals surface area contributed by atoms with Crippen LogP contribution in [0.2, 0.25) is 0 Å². The van der Waals surface area contributed by atoms with Gasteiger partial charge in [0, 0.05) is 6.42 Å². The van der Waals surface area contributed by atoms with Crippen molar-refractivity contribution in [2.45, 2.75) is 24.2 Å². The largest absolute Gasteiger partial charge is 0.478 e. The molecular weight excluding hydrogens is 240 g/mol. The van der Waals surface area contributed by atoms with Gasteiger partial charge in [-0.25, -0.2) is 4.79 Å². The number of rotatable bonds is 2. The molecule has 6 heteroatoms. The SMILES string of the molecule is O=C(O)c1ccc([C@H]2CC(F)(F)C2(F)F)cc1. The lowest BCUT2D eigenvalue weighted by atomic mass is 9.72. The number of alkyl halides is 4. The van der Waals surface area contributed by atoms with Gasteiger partial charge in [-0.1, -0.05) is 12.1 Å². The molecule has 1 saturated carbocycles. The summed E-state index contributed by atoms with van der Waals surface area (Å²) in [7, 11) is 0. The zero-order valence-electron chi connectivity index (χ0n) is 8.46. The van der Waals surface area contributed by atoms with Crippen LogP contribution in [0.1, 0.15) is 28.3 Å². The van der Waals surface area contributed by atoms with Crippen molar-refractivity contribution < 1.29 is 27.5 Å². The van der Waals surface area contributed by atoms with Crippen LogP contribution in [0.15, 0.2) is 24.3 Å². The molecule has 0 radical (unpaired) electrons. The van der Waals surface area contributed by atoms with Crippen molar-refractivity contribution in [2.24, 2.45) is 0 Å². The zero-order valence-corrected chi connectivity index (χ0v) is 8.46. The highest BCUT2D eigenvalue weighted by Crippen LogP contribution is 2.59. The van der Waals surface area contributed by atoms with Crippen LogP contribution < -0.4 is 0 Å². The first-order valence-electron chi connectivity index (χ1n) is 4.84. The topological polar surface area (TPSA) is 37.3 Å². The summed E-state index contributed by atoms with van der Waals surface area (Å²) in [6.07, 6.45) is -0.910. The number of hydrogen-bond donors (Lipinski definition) is 1. The molecule has 2 nitrogen and oxygen atoms in total. The minimum absolute atomic E-state index is 0.0333. The summed E-state index contributed by atoms with van der Waals surface area (Å²) in [5.74, 6) is -10.8. The molecule has 92 valence electrons. The minimum atomic E-state index is -4.06. The summed E-state index contributed by atoms with van der Waals surface area (Å²) in [6, 6.07) is 4.56. The second-order valence-electron chi connectivity index (χ2n) is 4.01. The molecule has 1 aliphatic carbocycles. The number of carboxylic acid groups (broad SMARTS) is 1. The number of carbonyl (C=O) groups is 1. The van der Waals surface area contributed by atoms with Crippen LogP contribution in [0.3, 0.4) is 0 Å². The van der Waals surface area contributed by atoms with Gasteiger partial charge in [0.15, 0.2) is 0 Å². The molecule has 0 spiro atoms. The standard InChI is InChI=1S/C11H8F4O2/c12-10(13)5-8(11(10,14)15)6-1-3-7(4-2-6)9(16)17/h1-4,8H,5H2,(H,16,17)/t8-/m1/s1. The Balaban J connectivity index is 2.23. The van der Waals surface area contributed by atoms with Crippen molar-refractivity contribution in [3.63, 3.8) is 0 Å². The van der Waals surface area contributed by atoms with Gasteiger partial charge in [0.1, 0.15) is 0 Å². The monoisotopic (exact) mass is 248 g/mol. The minimum Gasteiger partial charge on any atom is -0.478 e. The molecule has 0 heterocycles. The maximum absolute atomic E-state index is 13.1. The number of carboxylic acids is 1. The van der Waals surface area contributed by atoms with Crippen molar-refractivity contribution in [3.05, 3.63) is 35.4 Å². The summed E-state index contributed by atoms with van der Waals surface area (Å²) < 4.78 is 51.3. The van der Waals surface area contributed by atoms with Crippen molar-refractivity contribution >= 4 is 5.97 Å². The van der Waals surface area contributed by atoms with E-state index in [0.717, 1.165) is 24.3 Å². The number of benzene rings is 1. The smallest absolute Gasteiger partial charge is 0.335 e. The lowest BCUT2D eigenvalue weighted by Gasteiger charge is -2.44. The predicted molar refractivity (Wildman–Crippen MR) is 50.7 cm³/mol. The van der Waals surface area contributed by atoms with E-state index in [4.69, 9.17) is 5.11 Å². The third-order valence-corrected chi connectivity index (χ3v) is 2.95. The van der Waals surface area contributed by atoms with Crippen molar-refractivity contribution in [1.82, 2.24) is 0 Å². The summed E-state index contributed by atoms with van der Waals surface area (Å²) in [6.45, 7) is 0. The fourth-order valence-electron chi connectivity index (χ4n) is 1.83. The first-order valence-corrected chi connectivity index (χ1v) is 4.84. The highest BCUT2D eigenvalue weighted by Gasteiger charge is 2.71. The molecule has 0 aromatic heterocycles. The van der Waals surface area contributed by atoms with Crippen molar-refractivity contribution in [2.75, 3.05) is 0 Å². The lowest BCUT2D eigenvalue weighted by Crippen LogP contribution is -2.56. The van der Waals surface area contributed by atoms with Crippen LogP contribution in [-0.4, -0.2) is 22.9 Å². The molecule has 0 unspecified atom stereocenters. The van der Waals surface area contributed by atoms with Crippen LogP contribution in [0.5, 0.6) is 0 Å². The van der Waals surface area contributed by atoms with Gasteiger partial charge in [-0.3, -0.25) is 0 Å². The molecule has 1 N–H and O–H groups in total. The Morgan fingerprint density at radius 1 is 1.18 bits per heavy atom. The quantitative estimate of drug-likeness (QED) is 0.816. The van der Waals surface area contributed by atoms with Crippen LogP contribution in [-0.2, 0) is 0 Å². The van der Waals surface area contributed by atoms with Crippen LogP contribution in [0.4, 0.5) is 17.6 Å². The van der Waals surface area contributed by atoms with Crippen LogP contribution >= 0.6 is 0 Å². The highest BCUT2D eigenvalue weighted by molar-refractivity contribution is 5.87. The second-order valence-corrected chi connectivity index (χ2v) is 4.01. The normalized spacial score (nSPS) is 25.1. The molecule has 0 aliphatic heterocycles. The Hall–Kier alpha value is -1.59. The van der Waals surface area contributed by atoms with E-state index in [-0.39, 0.29) is 11.1 Å². The molecule has 1 fully saturated rings. The van der Waals surface area contributed by atoms with E-state index >= 15 is 0 Å². The average molecular weight is 248 g/mol. The molecule has 1 atom stereocenters. The summed E-state index contributed by atoms with van der Waals surface area (Å²) in [5.41, 5.74) is -0.0333. The van der Waals surface area contributed by atoms with Gasteiger partial charge in [0.25, 0.3) is 0 Å². The Labute approximate surface area is 93.9 Å². The third kappa shape index (κ3) is 1.67. The Morgan fingerprint density at radius 3 is 2.06 bits per heavy atom. The first-order chi connectivity index (χ1) is 7.75. The number of hydrogen-bond acceptors (Lipinski definition) is 1. The second kappa shape index (κ2) is 3.45. The fourth-order valence-corrected chi connectivity index (χ4v) is 1.83. The maximum Gasteiger partial charge on any atom is 0.335 e. The van der Waals surface area contributed by atoms with Crippen molar-refractivity contribution in [1.29, 1.82) is 0 Å². The Kier molecular flexibility index (Phi) is 2.41. The van der Waals surface area contributed by atoms with E-state index in [1.165, 1.54) is 0 Å². The van der Waals surface area contributed by atoms with Crippen LogP contribution in [0.25, 0.3) is 0 Å². The first kappa shape index (κ1) is 11.9. The van der Waals surface area contributed by atoms with E-state index < -0.39 is 30.2 Å². The zero-order chi connectivity index (χ0) is 12.8. The molecule has 0 bridgehead atoms. The van der Waals surface area contributed by atoms with Gasteiger partial charge in [0.2, 0.25) is 0 Å². The van der Waals surface area contributed by atoms with Gasteiger partial charge in [-0.15, -0.1) is 0 Å². The van der Waals surface area contributed by atoms with E-state index in [9.17, 15) is 22.4 Å². The van der Waals surface area contributed by atoms with Gasteiger partial charge >= 0.3 is 17.8 Å². The Morgan fingerprint density at radius 2 is 1.71 bits per heavy atom. The summed E-state index contributed by atoms with van der Waals surface area (Å²) >= 11 is 0. The van der Waals surface area contributed by atoms with E-state index in [0.29, 0.717) is 0 Å². The molecule has 1 aliphatic rings. The molecule has 1 aromatic carbocycles. The van der Waals surface area contributed by atoms with Gasteiger partial charge in [-0.05, 0) is 17.7 Å². The summed E-state index contributed by atoms with van der Waals surface area (Å²) in [4.78, 5) is 10.5. The molecule has 1 aromatic rings. The molecule has 2 rings (SSSR count). The third-order valence-electron chi connectivity index (χ3n) is 2.95. The molecule has 0 amide bonds. The van der Waals surface area contributed by atoms with Crippen molar-refractivity contribution in [3.8, 4) is 0 Å². The van der Waals surface area contributed by atoms with E-state index in [1.54, 1.807) is 0 Å². The average Bonchev–Trinajstić information content (AvgIpc) is 2.26. The molecule has 0 saturated heterocycles. The highest BCUT2D eigenvalue weighted by atomic mass is 19.3. The molecule has 17 heavy (non-hydrogen) atoms. The number of halogens is 4. The van der Waals surface area contributed by atoms with Gasteiger partial charge in [-0.2, -0.15) is 17.6 Å². The maximum atomic E-state index is 13.1. The predicted octanol–water partition coefficient (Wildman–Crippen LogP) is 3.14. The van der Waals surface area contributed by atoms with Gasteiger partial charge in [0.05, 0.1) is 11.5 Å². The van der Waals surface area contributed by atoms with Crippen LogP contribution in [0, 0.1) is 0 Å².